The Morgan fingerprint density at radius 2 is 1.91 bits per heavy atom. The molecule has 0 aliphatic carbocycles. The third kappa shape index (κ3) is 3.17. The summed E-state index contributed by atoms with van der Waals surface area (Å²) in [7, 11) is 1.78. The van der Waals surface area contributed by atoms with Gasteiger partial charge in [-0.3, -0.25) is 14.8 Å². The molecular formula is C17H18N4OS. The summed E-state index contributed by atoms with van der Waals surface area (Å²) in [5, 5.41) is 9.45. The Bertz CT molecular complexity index is 855. The normalized spacial score (nSPS) is 10.8. The van der Waals surface area contributed by atoms with Crippen molar-refractivity contribution in [3.63, 3.8) is 0 Å². The maximum atomic E-state index is 12.1. The summed E-state index contributed by atoms with van der Waals surface area (Å²) in [6.07, 6.45) is 1.74. The quantitative estimate of drug-likeness (QED) is 0.798. The van der Waals surface area contributed by atoms with E-state index in [1.54, 1.807) is 24.0 Å². The maximum Gasteiger partial charge on any atom is 0.277 e. The number of amides is 1. The van der Waals surface area contributed by atoms with E-state index in [0.717, 1.165) is 11.3 Å². The summed E-state index contributed by atoms with van der Waals surface area (Å²) >= 11 is 1.42. The number of aromatic nitrogens is 3. The first-order chi connectivity index (χ1) is 10.9. The molecule has 0 saturated carbocycles. The van der Waals surface area contributed by atoms with Crippen LogP contribution in [0.1, 0.15) is 27.2 Å². The minimum atomic E-state index is -0.246. The molecule has 0 aliphatic rings. The molecule has 2 aromatic heterocycles. The highest BCUT2D eigenvalue weighted by atomic mass is 32.1. The molecule has 0 radical (unpaired) electrons. The fraction of sp³-hybridized carbons (Fsp3) is 0.235. The molecule has 23 heavy (non-hydrogen) atoms. The predicted molar refractivity (Wildman–Crippen MR) is 92.9 cm³/mol. The van der Waals surface area contributed by atoms with Crippen molar-refractivity contribution < 1.29 is 4.79 Å². The highest BCUT2D eigenvalue weighted by molar-refractivity contribution is 7.14. The van der Waals surface area contributed by atoms with Crippen molar-refractivity contribution in [2.75, 3.05) is 5.32 Å². The van der Waals surface area contributed by atoms with Gasteiger partial charge < -0.3 is 0 Å². The largest absolute Gasteiger partial charge is 0.296 e. The summed E-state index contributed by atoms with van der Waals surface area (Å²) < 4.78 is 1.60. The van der Waals surface area contributed by atoms with Crippen molar-refractivity contribution in [1.29, 1.82) is 0 Å². The van der Waals surface area contributed by atoms with E-state index in [9.17, 15) is 4.79 Å². The molecule has 0 aliphatic heterocycles. The minimum absolute atomic E-state index is 0.246. The van der Waals surface area contributed by atoms with E-state index in [-0.39, 0.29) is 5.91 Å². The Morgan fingerprint density at radius 3 is 2.52 bits per heavy atom. The highest BCUT2D eigenvalue weighted by Crippen LogP contribution is 2.31. The van der Waals surface area contributed by atoms with Gasteiger partial charge in [0.15, 0.2) is 10.8 Å². The van der Waals surface area contributed by atoms with Gasteiger partial charge in [0.25, 0.3) is 5.91 Å². The third-order valence-corrected chi connectivity index (χ3v) is 4.36. The standard InChI is InChI=1S/C17H18N4OS/c1-10-7-11(2)15(12(3)8-10)14-9-23-17(18-14)19-16(22)13-5-6-21(4)20-13/h5-9H,1-4H3,(H,18,19,22). The van der Waals surface area contributed by atoms with Crippen LogP contribution in [0.15, 0.2) is 29.8 Å². The van der Waals surface area contributed by atoms with Crippen molar-refractivity contribution >= 4 is 22.4 Å². The highest BCUT2D eigenvalue weighted by Gasteiger charge is 2.14. The number of benzene rings is 1. The Hall–Kier alpha value is -2.47. The number of thiazole rings is 1. The molecule has 1 aromatic carbocycles. The monoisotopic (exact) mass is 326 g/mol. The van der Waals surface area contributed by atoms with Gasteiger partial charge in [-0.15, -0.1) is 11.3 Å². The van der Waals surface area contributed by atoms with E-state index >= 15 is 0 Å². The minimum Gasteiger partial charge on any atom is -0.296 e. The number of nitrogens with one attached hydrogen (secondary N) is 1. The molecule has 1 amide bonds. The van der Waals surface area contributed by atoms with Crippen molar-refractivity contribution in [2.45, 2.75) is 20.8 Å². The van der Waals surface area contributed by atoms with Crippen molar-refractivity contribution in [1.82, 2.24) is 14.8 Å². The number of anilines is 1. The molecule has 6 heteroatoms. The Labute approximate surface area is 139 Å². The van der Waals surface area contributed by atoms with Gasteiger partial charge in [0.1, 0.15) is 0 Å². The zero-order chi connectivity index (χ0) is 16.6. The third-order valence-electron chi connectivity index (χ3n) is 3.60. The average molecular weight is 326 g/mol. The number of carbonyl (C=O) groups excluding carboxylic acids is 1. The molecular weight excluding hydrogens is 308 g/mol. The number of hydrogen-bond acceptors (Lipinski definition) is 4. The van der Waals surface area contributed by atoms with Crippen LogP contribution < -0.4 is 5.32 Å². The van der Waals surface area contributed by atoms with Gasteiger partial charge in [0.05, 0.1) is 5.69 Å². The van der Waals surface area contributed by atoms with Gasteiger partial charge in [-0.25, -0.2) is 4.98 Å². The fourth-order valence-corrected chi connectivity index (χ4v) is 3.42. The lowest BCUT2D eigenvalue weighted by Crippen LogP contribution is -2.12. The van der Waals surface area contributed by atoms with Crippen LogP contribution in [0.4, 0.5) is 5.13 Å². The van der Waals surface area contributed by atoms with Crippen molar-refractivity contribution in [3.8, 4) is 11.3 Å². The second-order valence-electron chi connectivity index (χ2n) is 5.64. The van der Waals surface area contributed by atoms with E-state index in [1.165, 1.54) is 28.0 Å². The number of rotatable bonds is 3. The molecule has 0 bridgehead atoms. The van der Waals surface area contributed by atoms with E-state index in [4.69, 9.17) is 0 Å². The van der Waals surface area contributed by atoms with E-state index in [0.29, 0.717) is 10.8 Å². The Balaban J connectivity index is 1.85. The first-order valence-corrected chi connectivity index (χ1v) is 8.17. The lowest BCUT2D eigenvalue weighted by molar-refractivity contribution is 0.102. The summed E-state index contributed by atoms with van der Waals surface area (Å²) in [5.41, 5.74) is 6.02. The van der Waals surface area contributed by atoms with E-state index in [1.807, 2.05) is 5.38 Å². The van der Waals surface area contributed by atoms with Crippen LogP contribution in [0.2, 0.25) is 0 Å². The fourth-order valence-electron chi connectivity index (χ4n) is 2.73. The molecule has 3 rings (SSSR count). The van der Waals surface area contributed by atoms with Crippen LogP contribution in [0.5, 0.6) is 0 Å². The van der Waals surface area contributed by atoms with Crippen LogP contribution >= 0.6 is 11.3 Å². The van der Waals surface area contributed by atoms with Crippen LogP contribution in [0, 0.1) is 20.8 Å². The van der Waals surface area contributed by atoms with E-state index in [2.05, 4.69) is 48.3 Å². The maximum absolute atomic E-state index is 12.1. The molecule has 1 N–H and O–H groups in total. The number of carbonyl (C=O) groups is 1. The zero-order valence-electron chi connectivity index (χ0n) is 13.5. The second kappa shape index (κ2) is 5.96. The molecule has 0 atom stereocenters. The SMILES string of the molecule is Cc1cc(C)c(-c2csc(NC(=O)c3ccn(C)n3)n2)c(C)c1. The summed E-state index contributed by atoms with van der Waals surface area (Å²) in [6, 6.07) is 5.97. The number of hydrogen-bond donors (Lipinski definition) is 1. The predicted octanol–water partition coefficient (Wildman–Crippen LogP) is 3.72. The van der Waals surface area contributed by atoms with Gasteiger partial charge in [0.2, 0.25) is 0 Å². The van der Waals surface area contributed by atoms with Crippen LogP contribution in [0.3, 0.4) is 0 Å². The first kappa shape index (κ1) is 15.4. The zero-order valence-corrected chi connectivity index (χ0v) is 14.4. The summed E-state index contributed by atoms with van der Waals surface area (Å²) in [4.78, 5) is 16.7. The molecule has 0 spiro atoms. The van der Waals surface area contributed by atoms with Crippen LogP contribution in [-0.2, 0) is 7.05 Å². The second-order valence-corrected chi connectivity index (χ2v) is 6.50. The molecule has 118 valence electrons. The van der Waals surface area contributed by atoms with Gasteiger partial charge >= 0.3 is 0 Å². The molecule has 0 fully saturated rings. The van der Waals surface area contributed by atoms with Crippen LogP contribution in [-0.4, -0.2) is 20.7 Å². The number of aryl methyl sites for hydroxylation is 4. The summed E-state index contributed by atoms with van der Waals surface area (Å²) in [5.74, 6) is -0.246. The van der Waals surface area contributed by atoms with E-state index < -0.39 is 0 Å². The van der Waals surface area contributed by atoms with Crippen LogP contribution in [0.25, 0.3) is 11.3 Å². The summed E-state index contributed by atoms with van der Waals surface area (Å²) in [6.45, 7) is 6.25. The Morgan fingerprint density at radius 1 is 1.22 bits per heavy atom. The molecule has 5 nitrogen and oxygen atoms in total. The number of nitrogens with zero attached hydrogens (tertiary/aromatic N) is 3. The molecule has 2 heterocycles. The average Bonchev–Trinajstić information content (AvgIpc) is 3.07. The topological polar surface area (TPSA) is 59.8 Å². The van der Waals surface area contributed by atoms with Crippen molar-refractivity contribution in [2.24, 2.45) is 7.05 Å². The lowest BCUT2D eigenvalue weighted by atomic mass is 9.98. The molecule has 3 aromatic rings. The van der Waals surface area contributed by atoms with Crippen molar-refractivity contribution in [3.05, 3.63) is 52.2 Å². The Kier molecular flexibility index (Phi) is 4.00. The first-order valence-electron chi connectivity index (χ1n) is 7.29. The smallest absolute Gasteiger partial charge is 0.277 e. The van der Waals surface area contributed by atoms with Gasteiger partial charge in [-0.2, -0.15) is 5.10 Å². The lowest BCUT2D eigenvalue weighted by Gasteiger charge is -2.08. The molecule has 0 unspecified atom stereocenters. The molecule has 0 saturated heterocycles. The van der Waals surface area contributed by atoms with Gasteiger partial charge in [-0.05, 0) is 38.0 Å². The van der Waals surface area contributed by atoms with Gasteiger partial charge in [0, 0.05) is 24.2 Å². The van der Waals surface area contributed by atoms with Gasteiger partial charge in [-0.1, -0.05) is 17.7 Å².